The summed E-state index contributed by atoms with van der Waals surface area (Å²) in [4.78, 5) is 59.3. The van der Waals surface area contributed by atoms with Crippen LogP contribution in [0.2, 0.25) is 10.0 Å². The van der Waals surface area contributed by atoms with Crippen LogP contribution in [0.1, 0.15) is 36.8 Å². The number of fused-ring (bicyclic) bond motifs is 4. The number of carbonyl (C=O) groups is 4. The number of phenolic OH excluding ortho intramolecular Hbond substituents is 1. The van der Waals surface area contributed by atoms with Gasteiger partial charge in [0.25, 0.3) is 0 Å². The molecule has 0 spiro atoms. The third-order valence-electron chi connectivity index (χ3n) is 10.3. The predicted octanol–water partition coefficient (Wildman–Crippen LogP) is 6.45. The Morgan fingerprint density at radius 3 is 2.29 bits per heavy atom. The van der Waals surface area contributed by atoms with Crippen molar-refractivity contribution in [1.29, 1.82) is 0 Å². The molecule has 6 atom stereocenters. The lowest BCUT2D eigenvalue weighted by Gasteiger charge is -2.49. The highest BCUT2D eigenvalue weighted by molar-refractivity contribution is 6.33. The zero-order chi connectivity index (χ0) is 31.9. The molecule has 3 aromatic rings. The number of hydrogen-bond acceptors (Lipinski definition) is 6. The van der Waals surface area contributed by atoms with E-state index in [2.05, 4.69) is 0 Å². The smallest absolute Gasteiger partial charge is 0.241 e. The van der Waals surface area contributed by atoms with Crippen molar-refractivity contribution in [2.45, 2.75) is 32.6 Å². The maximum atomic E-state index is 14.5. The number of ether oxygens (including phenoxy) is 1. The number of aromatic hydroxyl groups is 1. The number of rotatable bonds is 4. The van der Waals surface area contributed by atoms with Crippen molar-refractivity contribution in [3.63, 3.8) is 0 Å². The highest BCUT2D eigenvalue weighted by Gasteiger charge is 2.67. The third kappa shape index (κ3) is 4.11. The monoisotopic (exact) mass is 644 g/mol. The van der Waals surface area contributed by atoms with Crippen LogP contribution in [0.25, 0.3) is 0 Å². The summed E-state index contributed by atoms with van der Waals surface area (Å²) in [7, 11) is 1.41. The average Bonchev–Trinajstić information content (AvgIpc) is 3.39. The number of nitrogens with zero attached hydrogens (tertiary/aromatic N) is 2. The minimum Gasteiger partial charge on any atom is -0.503 e. The van der Waals surface area contributed by atoms with Crippen molar-refractivity contribution in [2.75, 3.05) is 16.9 Å². The van der Waals surface area contributed by atoms with Gasteiger partial charge in [0.15, 0.2) is 11.5 Å². The fourth-order valence-electron chi connectivity index (χ4n) is 8.11. The lowest BCUT2D eigenvalue weighted by Crippen LogP contribution is -2.48. The Kier molecular flexibility index (Phi) is 6.87. The maximum Gasteiger partial charge on any atom is 0.241 e. The highest BCUT2D eigenvalue weighted by atomic mass is 35.5. The molecule has 0 aromatic heterocycles. The summed E-state index contributed by atoms with van der Waals surface area (Å²) in [6, 6.07) is 17.1. The lowest BCUT2D eigenvalue weighted by atomic mass is 9.51. The standard InChI is InChI=1S/C35H30Cl2N2O6/c1-17-9-10-20(15-25(17)36)38-31(41)22-12-11-21-23(28(22)33(38)43)16-24-32(42)39(19-7-5-4-6-8-19)34(44)35(24,2)29(21)18-13-26(37)30(40)27(14-18)45-3/h4-11,13-15,22-24,28-29,40H,12,16H2,1-3H3/t22-,23+,24-,28-,29-,35+/m0/s1. The predicted molar refractivity (Wildman–Crippen MR) is 169 cm³/mol. The number of phenols is 1. The Morgan fingerprint density at radius 2 is 1.60 bits per heavy atom. The van der Waals surface area contributed by atoms with E-state index in [0.717, 1.165) is 11.1 Å². The summed E-state index contributed by atoms with van der Waals surface area (Å²) in [6.45, 7) is 3.64. The van der Waals surface area contributed by atoms with E-state index in [9.17, 15) is 24.3 Å². The van der Waals surface area contributed by atoms with Crippen molar-refractivity contribution in [2.24, 2.45) is 29.1 Å². The molecule has 0 radical (unpaired) electrons. The Hall–Kier alpha value is -4.14. The fraction of sp³-hybridized carbons (Fsp3) is 0.314. The highest BCUT2D eigenvalue weighted by Crippen LogP contribution is 2.64. The van der Waals surface area contributed by atoms with Gasteiger partial charge in [-0.1, -0.05) is 59.1 Å². The van der Waals surface area contributed by atoms with Gasteiger partial charge in [0.05, 0.1) is 46.7 Å². The molecule has 4 amide bonds. The second kappa shape index (κ2) is 10.5. The number of halogens is 2. The first-order valence-corrected chi connectivity index (χ1v) is 15.6. The second-order valence-corrected chi connectivity index (χ2v) is 13.3. The quantitative estimate of drug-likeness (QED) is 0.258. The minimum absolute atomic E-state index is 0.0344. The minimum atomic E-state index is -1.25. The van der Waals surface area contributed by atoms with E-state index in [0.29, 0.717) is 28.4 Å². The number of hydrogen-bond donors (Lipinski definition) is 1. The molecule has 230 valence electrons. The van der Waals surface area contributed by atoms with E-state index >= 15 is 0 Å². The summed E-state index contributed by atoms with van der Waals surface area (Å²) in [5.41, 5.74) is 1.83. The molecule has 4 aliphatic rings. The Labute approximate surface area is 270 Å². The Bertz CT molecular complexity index is 1840. The first-order chi connectivity index (χ1) is 21.5. The summed E-state index contributed by atoms with van der Waals surface area (Å²) in [5, 5.41) is 11.0. The summed E-state index contributed by atoms with van der Waals surface area (Å²) in [6.07, 6.45) is 2.48. The molecular formula is C35H30Cl2N2O6. The lowest BCUT2D eigenvalue weighted by molar-refractivity contribution is -0.131. The summed E-state index contributed by atoms with van der Waals surface area (Å²) < 4.78 is 5.43. The van der Waals surface area contributed by atoms with Crippen LogP contribution in [0.3, 0.4) is 0 Å². The van der Waals surface area contributed by atoms with Gasteiger partial charge in [-0.05, 0) is 80.1 Å². The molecule has 0 bridgehead atoms. The Balaban J connectivity index is 1.39. The van der Waals surface area contributed by atoms with Crippen molar-refractivity contribution in [3.05, 3.63) is 93.5 Å². The van der Waals surface area contributed by atoms with Gasteiger partial charge in [-0.25, -0.2) is 9.80 Å². The van der Waals surface area contributed by atoms with Gasteiger partial charge in [0.1, 0.15) is 0 Å². The molecule has 3 aromatic carbocycles. The van der Waals surface area contributed by atoms with E-state index < -0.39 is 35.0 Å². The number of imide groups is 2. The zero-order valence-corrected chi connectivity index (χ0v) is 26.3. The van der Waals surface area contributed by atoms with E-state index in [1.807, 2.05) is 19.1 Å². The van der Waals surface area contributed by atoms with Crippen molar-refractivity contribution in [3.8, 4) is 11.5 Å². The van der Waals surface area contributed by atoms with Crippen LogP contribution in [0.5, 0.6) is 11.5 Å². The third-order valence-corrected chi connectivity index (χ3v) is 11.0. The number of amides is 4. The van der Waals surface area contributed by atoms with Gasteiger partial charge in [0, 0.05) is 10.9 Å². The summed E-state index contributed by atoms with van der Waals surface area (Å²) in [5.74, 6) is -4.80. The van der Waals surface area contributed by atoms with Crippen LogP contribution >= 0.6 is 23.2 Å². The fourth-order valence-corrected chi connectivity index (χ4v) is 8.50. The molecule has 0 unspecified atom stereocenters. The zero-order valence-electron chi connectivity index (χ0n) is 24.8. The Morgan fingerprint density at radius 1 is 0.867 bits per heavy atom. The molecule has 2 aliphatic heterocycles. The van der Waals surface area contributed by atoms with E-state index in [4.69, 9.17) is 27.9 Å². The normalized spacial score (nSPS) is 29.0. The number of aryl methyl sites for hydroxylation is 1. The molecule has 1 saturated carbocycles. The van der Waals surface area contributed by atoms with Crippen LogP contribution < -0.4 is 14.5 Å². The van der Waals surface area contributed by atoms with Crippen LogP contribution in [-0.2, 0) is 19.2 Å². The number of anilines is 2. The molecule has 10 heteroatoms. The number of allylic oxidation sites excluding steroid dienone is 2. The number of para-hydroxylation sites is 1. The second-order valence-electron chi connectivity index (χ2n) is 12.5. The first kappa shape index (κ1) is 29.6. The molecule has 3 fully saturated rings. The van der Waals surface area contributed by atoms with Crippen LogP contribution in [0, 0.1) is 36.0 Å². The maximum absolute atomic E-state index is 14.5. The van der Waals surface area contributed by atoms with Crippen molar-refractivity contribution >= 4 is 58.2 Å². The van der Waals surface area contributed by atoms with Crippen LogP contribution in [-0.4, -0.2) is 35.8 Å². The summed E-state index contributed by atoms with van der Waals surface area (Å²) >= 11 is 12.9. The molecule has 2 heterocycles. The molecule has 2 aliphatic carbocycles. The van der Waals surface area contributed by atoms with Gasteiger partial charge in [-0.2, -0.15) is 0 Å². The van der Waals surface area contributed by atoms with Crippen LogP contribution in [0.15, 0.2) is 72.3 Å². The van der Waals surface area contributed by atoms with Crippen LogP contribution in [0.4, 0.5) is 11.4 Å². The van der Waals surface area contributed by atoms with Gasteiger partial charge in [0.2, 0.25) is 23.6 Å². The molecule has 8 nitrogen and oxygen atoms in total. The van der Waals surface area contributed by atoms with E-state index in [1.165, 1.54) is 16.9 Å². The topological polar surface area (TPSA) is 104 Å². The number of carbonyl (C=O) groups excluding carboxylic acids is 4. The van der Waals surface area contributed by atoms with Crippen molar-refractivity contribution < 1.29 is 29.0 Å². The largest absolute Gasteiger partial charge is 0.503 e. The van der Waals surface area contributed by atoms with Gasteiger partial charge in [-0.3, -0.25) is 19.2 Å². The molecule has 7 rings (SSSR count). The first-order valence-electron chi connectivity index (χ1n) is 14.8. The van der Waals surface area contributed by atoms with E-state index in [-0.39, 0.29) is 46.6 Å². The molecule has 45 heavy (non-hydrogen) atoms. The van der Waals surface area contributed by atoms with Gasteiger partial charge < -0.3 is 9.84 Å². The number of methoxy groups -OCH3 is 1. The average molecular weight is 646 g/mol. The van der Waals surface area contributed by atoms with Gasteiger partial charge >= 0.3 is 0 Å². The number of benzene rings is 3. The molecular weight excluding hydrogens is 615 g/mol. The SMILES string of the molecule is COc1cc([C@H]2C3=CC[C@@H]4C(=O)N(c5ccc(C)c(Cl)c5)C(=O)[C@@H]4[C@@H]3C[C@H]3C(=O)N(c4ccccc4)C(=O)[C@@]23C)cc(Cl)c1O. The molecule has 1 N–H and O–H groups in total. The molecule has 2 saturated heterocycles. The van der Waals surface area contributed by atoms with Gasteiger partial charge in [-0.15, -0.1) is 0 Å². The van der Waals surface area contributed by atoms with E-state index in [1.54, 1.807) is 61.5 Å². The van der Waals surface area contributed by atoms with Crippen molar-refractivity contribution in [1.82, 2.24) is 0 Å².